The van der Waals surface area contributed by atoms with Gasteiger partial charge in [0.15, 0.2) is 11.5 Å². The van der Waals surface area contributed by atoms with Crippen molar-refractivity contribution in [2.24, 2.45) is 0 Å². The van der Waals surface area contributed by atoms with Crippen LogP contribution < -0.4 is 9.47 Å². The monoisotopic (exact) mass is 197 g/mol. The summed E-state index contributed by atoms with van der Waals surface area (Å²) < 4.78 is 10.4. The summed E-state index contributed by atoms with van der Waals surface area (Å²) in [5, 5.41) is 0. The summed E-state index contributed by atoms with van der Waals surface area (Å²) in [5.41, 5.74) is 0. The maximum Gasteiger partial charge on any atom is 0.174 e. The third-order valence-corrected chi connectivity index (χ3v) is 2.42. The molecule has 0 unspecified atom stereocenters. The molecule has 0 aliphatic carbocycles. The summed E-state index contributed by atoms with van der Waals surface area (Å²) in [6.45, 7) is 1.99. The first-order valence-corrected chi connectivity index (χ1v) is 4.87. The Balaban J connectivity index is 3.03. The fourth-order valence-electron chi connectivity index (χ4n) is 1.08. The molecule has 2 nitrogen and oxygen atoms in total. The Kier molecular flexibility index (Phi) is 3.96. The van der Waals surface area contributed by atoms with Gasteiger partial charge in [-0.25, -0.2) is 0 Å². The Morgan fingerprint density at radius 3 is 2.54 bits per heavy atom. The van der Waals surface area contributed by atoms with Gasteiger partial charge in [-0.15, -0.1) is 11.8 Å². The average molecular weight is 197 g/mol. The van der Waals surface area contributed by atoms with Crippen molar-refractivity contribution in [1.29, 1.82) is 0 Å². The van der Waals surface area contributed by atoms with Gasteiger partial charge >= 0.3 is 0 Å². The predicted octanol–water partition coefficient (Wildman–Crippen LogP) is 2.98. The van der Waals surface area contributed by atoms with E-state index in [0.29, 0.717) is 0 Å². The van der Waals surface area contributed by atoms with Gasteiger partial charge in [-0.1, -0.05) is 13.0 Å². The number of benzene rings is 1. The Bertz CT molecular complexity index is 274. The summed E-state index contributed by atoms with van der Waals surface area (Å²) in [6.07, 6.45) is 0. The van der Waals surface area contributed by atoms with Crippen molar-refractivity contribution in [3.05, 3.63) is 24.0 Å². The first-order valence-electron chi connectivity index (χ1n) is 3.99. The van der Waals surface area contributed by atoms with E-state index in [1.54, 1.807) is 26.0 Å². The second-order valence-corrected chi connectivity index (χ2v) is 3.49. The van der Waals surface area contributed by atoms with Crippen LogP contribution in [0, 0.1) is 5.75 Å². The lowest BCUT2D eigenvalue weighted by Gasteiger charge is -2.10. The molecule has 0 aliphatic rings. The summed E-state index contributed by atoms with van der Waals surface area (Å²) >= 11 is 1.63. The number of thioether (sulfide) groups is 1. The Morgan fingerprint density at radius 2 is 2.00 bits per heavy atom. The van der Waals surface area contributed by atoms with Gasteiger partial charge in [0.05, 0.1) is 19.1 Å². The molecular formula is C10H13O2S. The molecule has 1 aromatic carbocycles. The molecule has 0 N–H and O–H groups in total. The van der Waals surface area contributed by atoms with Crippen molar-refractivity contribution in [1.82, 2.24) is 0 Å². The molecule has 1 radical (unpaired) electrons. The van der Waals surface area contributed by atoms with E-state index in [4.69, 9.17) is 9.47 Å². The second-order valence-electron chi connectivity index (χ2n) is 2.35. The lowest BCUT2D eigenvalue weighted by Crippen LogP contribution is -1.91. The van der Waals surface area contributed by atoms with Gasteiger partial charge in [-0.2, -0.15) is 0 Å². The zero-order chi connectivity index (χ0) is 9.68. The topological polar surface area (TPSA) is 18.5 Å². The molecule has 0 heterocycles. The number of hydrogen-bond donors (Lipinski definition) is 0. The van der Waals surface area contributed by atoms with Crippen LogP contribution in [0.1, 0.15) is 6.92 Å². The second kappa shape index (κ2) is 5.02. The van der Waals surface area contributed by atoms with Crippen molar-refractivity contribution < 1.29 is 9.47 Å². The first kappa shape index (κ1) is 10.3. The highest BCUT2D eigenvalue weighted by atomic mass is 32.2. The van der Waals surface area contributed by atoms with E-state index in [1.165, 1.54) is 0 Å². The summed E-state index contributed by atoms with van der Waals surface area (Å²) in [7, 11) is 3.29. The SMILES string of the molecule is C[CH]Sc1cccc(OC)c1OC. The Morgan fingerprint density at radius 1 is 1.23 bits per heavy atom. The maximum absolute atomic E-state index is 5.25. The zero-order valence-electron chi connectivity index (χ0n) is 8.03. The molecule has 0 amide bonds. The molecule has 1 aromatic rings. The minimum absolute atomic E-state index is 0.773. The number of hydrogen-bond acceptors (Lipinski definition) is 3. The van der Waals surface area contributed by atoms with Gasteiger partial charge in [-0.3, -0.25) is 0 Å². The van der Waals surface area contributed by atoms with Gasteiger partial charge < -0.3 is 9.47 Å². The predicted molar refractivity (Wildman–Crippen MR) is 55.4 cm³/mol. The normalized spacial score (nSPS) is 9.77. The molecule has 0 spiro atoms. The third kappa shape index (κ3) is 2.31. The summed E-state index contributed by atoms with van der Waals surface area (Å²) in [5.74, 6) is 3.58. The lowest BCUT2D eigenvalue weighted by molar-refractivity contribution is 0.348. The number of ether oxygens (including phenoxy) is 2. The fraction of sp³-hybridized carbons (Fsp3) is 0.300. The van der Waals surface area contributed by atoms with E-state index in [0.717, 1.165) is 16.4 Å². The quantitative estimate of drug-likeness (QED) is 0.691. The van der Waals surface area contributed by atoms with Crippen molar-refractivity contribution in [2.75, 3.05) is 14.2 Å². The van der Waals surface area contributed by atoms with Crippen molar-refractivity contribution in [3.63, 3.8) is 0 Å². The Labute approximate surface area is 83.2 Å². The van der Waals surface area contributed by atoms with E-state index in [-0.39, 0.29) is 0 Å². The summed E-state index contributed by atoms with van der Waals surface area (Å²) in [4.78, 5) is 1.07. The molecular weight excluding hydrogens is 184 g/mol. The molecule has 0 fully saturated rings. The van der Waals surface area contributed by atoms with Gasteiger partial charge in [0.2, 0.25) is 0 Å². The highest BCUT2D eigenvalue weighted by Gasteiger charge is 2.08. The van der Waals surface area contributed by atoms with E-state index in [9.17, 15) is 0 Å². The zero-order valence-corrected chi connectivity index (χ0v) is 8.85. The van der Waals surface area contributed by atoms with E-state index in [2.05, 4.69) is 0 Å². The molecule has 0 aliphatic heterocycles. The number of rotatable bonds is 4. The fourth-order valence-corrected chi connectivity index (χ4v) is 1.78. The first-order chi connectivity index (χ1) is 6.33. The molecule has 1 rings (SSSR count). The number of para-hydroxylation sites is 1. The van der Waals surface area contributed by atoms with Crippen LogP contribution >= 0.6 is 11.8 Å². The van der Waals surface area contributed by atoms with Crippen LogP contribution in [0.3, 0.4) is 0 Å². The molecule has 0 bridgehead atoms. The lowest BCUT2D eigenvalue weighted by atomic mass is 10.3. The molecule has 0 aromatic heterocycles. The molecule has 71 valence electrons. The average Bonchev–Trinajstić information content (AvgIpc) is 2.18. The van der Waals surface area contributed by atoms with Gasteiger partial charge in [0.1, 0.15) is 0 Å². The Hall–Kier alpha value is -0.830. The summed E-state index contributed by atoms with van der Waals surface area (Å²) in [6, 6.07) is 5.85. The third-order valence-electron chi connectivity index (χ3n) is 1.61. The van der Waals surface area contributed by atoms with E-state index < -0.39 is 0 Å². The minimum Gasteiger partial charge on any atom is -0.493 e. The van der Waals surface area contributed by atoms with Crippen LogP contribution in [-0.4, -0.2) is 14.2 Å². The largest absolute Gasteiger partial charge is 0.493 e. The van der Waals surface area contributed by atoms with Crippen molar-refractivity contribution in [3.8, 4) is 11.5 Å². The van der Waals surface area contributed by atoms with Crippen LogP contribution in [0.15, 0.2) is 23.1 Å². The van der Waals surface area contributed by atoms with Crippen molar-refractivity contribution in [2.45, 2.75) is 11.8 Å². The maximum atomic E-state index is 5.25. The molecule has 13 heavy (non-hydrogen) atoms. The van der Waals surface area contributed by atoms with Crippen LogP contribution in [0.25, 0.3) is 0 Å². The molecule has 0 saturated heterocycles. The number of methoxy groups -OCH3 is 2. The van der Waals surface area contributed by atoms with Gasteiger partial charge in [-0.05, 0) is 12.1 Å². The van der Waals surface area contributed by atoms with Gasteiger partial charge in [0, 0.05) is 5.75 Å². The highest BCUT2D eigenvalue weighted by molar-refractivity contribution is 8.01. The van der Waals surface area contributed by atoms with E-state index in [1.807, 2.05) is 30.9 Å². The van der Waals surface area contributed by atoms with Crippen LogP contribution in [0.2, 0.25) is 0 Å². The van der Waals surface area contributed by atoms with Crippen LogP contribution in [0.5, 0.6) is 11.5 Å². The van der Waals surface area contributed by atoms with Gasteiger partial charge in [0.25, 0.3) is 0 Å². The molecule has 3 heteroatoms. The van der Waals surface area contributed by atoms with Crippen molar-refractivity contribution >= 4 is 11.8 Å². The molecule has 0 atom stereocenters. The minimum atomic E-state index is 0.773. The molecule has 0 saturated carbocycles. The van der Waals surface area contributed by atoms with E-state index >= 15 is 0 Å². The smallest absolute Gasteiger partial charge is 0.174 e. The van der Waals surface area contributed by atoms with Crippen LogP contribution in [-0.2, 0) is 0 Å². The standard InChI is InChI=1S/C10H13O2S/c1-4-13-9-7-5-6-8(11-2)10(9)12-3/h4-7H,1-3H3. The van der Waals surface area contributed by atoms with Crippen LogP contribution in [0.4, 0.5) is 0 Å². The highest BCUT2D eigenvalue weighted by Crippen LogP contribution is 2.37.